The molecule has 0 aromatic heterocycles. The van der Waals surface area contributed by atoms with Crippen molar-refractivity contribution < 1.29 is 159 Å². The summed E-state index contributed by atoms with van der Waals surface area (Å²) in [5.41, 5.74) is -4.04. The van der Waals surface area contributed by atoms with Crippen molar-refractivity contribution in [3.05, 3.63) is 0 Å². The Morgan fingerprint density at radius 3 is 1.22 bits per heavy atom. The molecule has 22 N–H and O–H groups in total. The lowest BCUT2D eigenvalue weighted by molar-refractivity contribution is -0.350. The molecule has 0 saturated carbocycles. The van der Waals surface area contributed by atoms with Crippen LogP contribution in [0.4, 0.5) is 0 Å². The third-order valence-electron chi connectivity index (χ3n) is 16.9. The first-order valence-corrected chi connectivity index (χ1v) is 35.8. The van der Waals surface area contributed by atoms with Gasteiger partial charge in [0.2, 0.25) is 0 Å². The van der Waals surface area contributed by atoms with Crippen LogP contribution in [0.3, 0.4) is 0 Å². The van der Waals surface area contributed by atoms with Gasteiger partial charge in [-0.1, -0.05) is 6.92 Å². The van der Waals surface area contributed by atoms with Gasteiger partial charge in [0.1, 0.15) is 144 Å². The molecular formula is C55H100N2O32S5. The number of rotatable bonds is 38. The lowest BCUT2D eigenvalue weighted by atomic mass is 9.90. The van der Waals surface area contributed by atoms with Crippen LogP contribution >= 0.6 is 59.3 Å². The summed E-state index contributed by atoms with van der Waals surface area (Å²) < 4.78 is 69.8. The van der Waals surface area contributed by atoms with Crippen molar-refractivity contribution in [3.63, 3.8) is 0 Å². The van der Waals surface area contributed by atoms with Gasteiger partial charge in [-0.05, 0) is 48.7 Å². The minimum Gasteiger partial charge on any atom is -0.394 e. The molecule has 0 amide bonds. The van der Waals surface area contributed by atoms with Gasteiger partial charge in [-0.15, -0.1) is 35.3 Å². The first-order chi connectivity index (χ1) is 44.9. The maximum atomic E-state index is 11.2. The van der Waals surface area contributed by atoms with Gasteiger partial charge in [-0.3, -0.25) is 0 Å². The second kappa shape index (κ2) is 41.2. The zero-order chi connectivity index (χ0) is 69.0. The number of aliphatic hydroxyl groups excluding tert-OH is 20. The molecule has 552 valence electrons. The van der Waals surface area contributed by atoms with Crippen LogP contribution in [0.15, 0.2) is 0 Å². The first kappa shape index (κ1) is 82.8. The molecule has 0 radical (unpaired) electrons. The second-order valence-corrected chi connectivity index (χ2v) is 29.0. The molecule has 34 nitrogen and oxygen atoms in total. The summed E-state index contributed by atoms with van der Waals surface area (Å²) in [7, 11) is 1.25. The van der Waals surface area contributed by atoms with Gasteiger partial charge in [-0.2, -0.15) is 11.8 Å². The fourth-order valence-electron chi connectivity index (χ4n) is 11.0. The van der Waals surface area contributed by atoms with Gasteiger partial charge in [0.05, 0.1) is 70.5 Å². The molecule has 6 fully saturated rings. The van der Waals surface area contributed by atoms with Crippen LogP contribution in [0.2, 0.25) is 0 Å². The van der Waals surface area contributed by atoms with E-state index in [1.807, 2.05) is 0 Å². The molecule has 0 aliphatic carbocycles. The summed E-state index contributed by atoms with van der Waals surface area (Å²) in [4.78, 5) is 0. The van der Waals surface area contributed by atoms with Gasteiger partial charge < -0.3 is 170 Å². The highest BCUT2D eigenvalue weighted by Gasteiger charge is 2.53. The molecule has 30 atom stereocenters. The van der Waals surface area contributed by atoms with Crippen LogP contribution in [-0.4, -0.2) is 404 Å². The predicted molar refractivity (Wildman–Crippen MR) is 335 cm³/mol. The van der Waals surface area contributed by atoms with Crippen LogP contribution in [0, 0.1) is 11.3 Å². The average Bonchev–Trinajstić information content (AvgIpc) is 0.833. The van der Waals surface area contributed by atoms with E-state index in [-0.39, 0.29) is 57.1 Å². The molecule has 6 aliphatic heterocycles. The van der Waals surface area contributed by atoms with E-state index in [1.54, 1.807) is 6.92 Å². The van der Waals surface area contributed by atoms with Crippen LogP contribution in [0.5, 0.6) is 0 Å². The number of hydrogen-bond acceptors (Lipinski definition) is 37. The largest absolute Gasteiger partial charge is 0.394 e. The SMILES string of the molecule is CO[C@@H]1OC(CO)C(O[C@@H]2OC(CSCCNC(=S)NCC(COCCCS[C@@H]3OC(CO)[C@H](O)[C@H](O)C3O)(COCCCS[C@@H]3OC(CO)[C@H](O)[C@H](O)C3O)COCCCS[C@@H]3OC(CO)[C@H](O[C@@H]4OC(CO)[C@H](O)[C@H](O)C4O)[C@H](O)C3O)C(C)C(O)C2O)C(O)C1O. The van der Waals surface area contributed by atoms with Crippen molar-refractivity contribution in [2.24, 2.45) is 11.3 Å². The van der Waals surface area contributed by atoms with E-state index in [4.69, 9.17) is 69.1 Å². The maximum absolute atomic E-state index is 11.2. The van der Waals surface area contributed by atoms with E-state index in [1.165, 1.54) is 18.9 Å². The zero-order valence-corrected chi connectivity index (χ0v) is 56.1. The Bertz CT molecular complexity index is 2070. The van der Waals surface area contributed by atoms with Crippen molar-refractivity contribution in [2.45, 2.75) is 202 Å². The van der Waals surface area contributed by atoms with Gasteiger partial charge >= 0.3 is 0 Å². The van der Waals surface area contributed by atoms with Gasteiger partial charge in [0, 0.05) is 57.4 Å². The Morgan fingerprint density at radius 2 is 0.777 bits per heavy atom. The highest BCUT2D eigenvalue weighted by atomic mass is 32.2. The van der Waals surface area contributed by atoms with E-state index >= 15 is 0 Å². The van der Waals surface area contributed by atoms with Crippen LogP contribution < -0.4 is 10.6 Å². The minimum atomic E-state index is -1.83. The smallest absolute Gasteiger partial charge is 0.187 e. The summed E-state index contributed by atoms with van der Waals surface area (Å²) >= 11 is 10.6. The summed E-state index contributed by atoms with van der Waals surface area (Å²) in [5.74, 6) is 1.15. The molecule has 6 saturated heterocycles. The molecule has 0 aromatic carbocycles. The highest BCUT2D eigenvalue weighted by Crippen LogP contribution is 2.36. The normalized spacial score (nSPS) is 42.1. The molecule has 6 rings (SSSR count). The molecule has 0 spiro atoms. The Hall–Kier alpha value is -0.190. The third-order valence-corrected chi connectivity index (χ3v) is 21.9. The third kappa shape index (κ3) is 22.4. The maximum Gasteiger partial charge on any atom is 0.187 e. The number of nitrogens with one attached hydrogen (secondary N) is 2. The molecule has 0 bridgehead atoms. The topological polar surface area (TPSA) is 539 Å². The Morgan fingerprint density at radius 1 is 0.415 bits per heavy atom. The highest BCUT2D eigenvalue weighted by molar-refractivity contribution is 8.00. The Balaban J connectivity index is 1.07. The van der Waals surface area contributed by atoms with Crippen LogP contribution in [-0.2, 0) is 56.8 Å². The Kier molecular flexibility index (Phi) is 36.3. The van der Waals surface area contributed by atoms with Gasteiger partial charge in [-0.25, -0.2) is 0 Å². The fraction of sp³-hybridized carbons (Fsp3) is 0.982. The van der Waals surface area contributed by atoms with Crippen LogP contribution in [0.1, 0.15) is 26.2 Å². The number of aliphatic hydroxyl groups is 20. The number of hydrogen-bond donors (Lipinski definition) is 22. The molecule has 6 heterocycles. The molecule has 94 heavy (non-hydrogen) atoms. The van der Waals surface area contributed by atoms with E-state index in [0.29, 0.717) is 48.8 Å². The van der Waals surface area contributed by atoms with Crippen molar-refractivity contribution in [2.75, 3.05) is 122 Å². The minimum absolute atomic E-state index is 0.00107. The summed E-state index contributed by atoms with van der Waals surface area (Å²) in [6.45, 7) is -0.776. The molecule has 16 unspecified atom stereocenters. The Labute approximate surface area is 566 Å². The van der Waals surface area contributed by atoms with E-state index < -0.39 is 220 Å². The summed E-state index contributed by atoms with van der Waals surface area (Å²) in [5, 5.41) is 215. The summed E-state index contributed by atoms with van der Waals surface area (Å²) in [6.07, 6.45) is -36.5. The van der Waals surface area contributed by atoms with E-state index in [2.05, 4.69) is 10.6 Å². The fourth-order valence-corrected chi connectivity index (χ4v) is 15.5. The monoisotopic (exact) mass is 1460 g/mol. The molecule has 0 aromatic rings. The van der Waals surface area contributed by atoms with Crippen LogP contribution in [0.25, 0.3) is 0 Å². The quantitative estimate of drug-likeness (QED) is 0.0202. The van der Waals surface area contributed by atoms with Crippen molar-refractivity contribution in [1.29, 1.82) is 0 Å². The predicted octanol–water partition coefficient (Wildman–Crippen LogP) is -9.63. The van der Waals surface area contributed by atoms with Gasteiger partial charge in [0.15, 0.2) is 24.0 Å². The second-order valence-electron chi connectivity index (χ2n) is 23.8. The number of thioether (sulfide) groups is 4. The van der Waals surface area contributed by atoms with E-state index in [9.17, 15) is 102 Å². The lowest BCUT2D eigenvalue weighted by Gasteiger charge is -2.46. The number of ether oxygens (including phenoxy) is 12. The first-order valence-electron chi connectivity index (χ1n) is 31.1. The van der Waals surface area contributed by atoms with E-state index in [0.717, 1.165) is 35.3 Å². The number of methoxy groups -OCH3 is 1. The molecule has 39 heteroatoms. The zero-order valence-electron chi connectivity index (χ0n) is 52.1. The standard InChI is InChI=1S/C55H100N2O32S5/c1-24-30(84-49(40(72)31(24)63)88-46-28(17-61)83-48(78-2)42(74)38(46)70)19-91-13-6-56-54(90)57-20-55(21-79-7-3-10-92-51-43(75)36(68)33(65)26(15-59)85-51,22-80-8-4-11-93-52-44(76)37(69)34(66)27(16-60)86-52)23-81-9-5-12-94-53-45(77)39(71)47(29(18-62)87-53)89-50-41(73)35(67)32(64)25(14-58)82-50/h24-53,58-77H,3-23H2,1-2H3,(H2,56,57,90)/t24?,25?,26?,27?,28?,29?,30?,31?,32-,33-,34-,35-,36-,37-,38?,39+,40?,41?,42?,43?,44?,45?,46?,47-,48+,49-,50-,51-,52-,53-,55?/m0/s1. The number of thiocarbonyl (C=S) groups is 1. The molecule has 6 aliphatic rings. The summed E-state index contributed by atoms with van der Waals surface area (Å²) in [6, 6.07) is 0. The van der Waals surface area contributed by atoms with Crippen molar-refractivity contribution >= 4 is 64.4 Å². The average molecular weight is 1460 g/mol. The lowest BCUT2D eigenvalue weighted by Crippen LogP contribution is -2.64. The van der Waals surface area contributed by atoms with Gasteiger partial charge in [0.25, 0.3) is 0 Å². The van der Waals surface area contributed by atoms with Crippen molar-refractivity contribution in [1.82, 2.24) is 10.6 Å². The molecular weight excluding hydrogens is 1360 g/mol. The van der Waals surface area contributed by atoms with Crippen molar-refractivity contribution in [3.8, 4) is 0 Å².